The van der Waals surface area contributed by atoms with E-state index in [0.29, 0.717) is 5.56 Å². The van der Waals surface area contributed by atoms with Crippen LogP contribution in [0.1, 0.15) is 29.7 Å². The number of carbonyl (C=O) groups is 1. The summed E-state index contributed by atoms with van der Waals surface area (Å²) >= 11 is 0. The molecule has 0 fully saturated rings. The Balaban J connectivity index is 0.000000481. The highest BCUT2D eigenvalue weighted by Crippen LogP contribution is 2.38. The largest absolute Gasteiger partial charge is 0.328 e. The van der Waals surface area contributed by atoms with Crippen molar-refractivity contribution in [2.75, 3.05) is 4.90 Å². The molecule has 0 saturated carbocycles. The molecule has 0 radical (unpaired) electrons. The van der Waals surface area contributed by atoms with Gasteiger partial charge >= 0.3 is 0 Å². The topological polar surface area (TPSA) is 132 Å². The van der Waals surface area contributed by atoms with Gasteiger partial charge < -0.3 is 4.90 Å². The molecule has 1 amide bonds. The molecule has 4 aromatic rings. The van der Waals surface area contributed by atoms with Crippen molar-refractivity contribution in [2.24, 2.45) is 5.11 Å². The van der Waals surface area contributed by atoms with E-state index in [1.54, 1.807) is 18.6 Å². The maximum atomic E-state index is 9.62. The van der Waals surface area contributed by atoms with Crippen molar-refractivity contribution in [3.63, 3.8) is 0 Å². The summed E-state index contributed by atoms with van der Waals surface area (Å²) in [4.78, 5) is 27.0. The Kier molecular flexibility index (Phi) is 8.40. The summed E-state index contributed by atoms with van der Waals surface area (Å²) in [5, 5.41) is 11.8. The SMILES string of the molecule is CC(=O)N=[N+]=[N-].N#Cc1ccc(N(c2cccnc2)C(c2cccnc2)c2cccnc2)cc1. The lowest BCUT2D eigenvalue weighted by Gasteiger charge is -2.34. The summed E-state index contributed by atoms with van der Waals surface area (Å²) in [5.74, 6) is -0.502. The highest BCUT2D eigenvalue weighted by Gasteiger charge is 2.25. The van der Waals surface area contributed by atoms with E-state index in [-0.39, 0.29) is 6.04 Å². The first kappa shape index (κ1) is 23.6. The third-order valence-electron chi connectivity index (χ3n) is 4.64. The minimum Gasteiger partial charge on any atom is -0.328 e. The molecular weight excluding hydrogens is 428 g/mol. The van der Waals surface area contributed by atoms with Crippen LogP contribution in [-0.4, -0.2) is 20.9 Å². The van der Waals surface area contributed by atoms with Crippen molar-refractivity contribution in [2.45, 2.75) is 13.0 Å². The molecule has 1 aromatic carbocycles. The van der Waals surface area contributed by atoms with Gasteiger partial charge in [0.15, 0.2) is 0 Å². The molecule has 0 atom stereocenters. The zero-order valence-corrected chi connectivity index (χ0v) is 18.3. The predicted molar refractivity (Wildman–Crippen MR) is 128 cm³/mol. The fraction of sp³-hybridized carbons (Fsp3) is 0.0800. The molecule has 0 aliphatic rings. The van der Waals surface area contributed by atoms with E-state index < -0.39 is 5.91 Å². The minimum absolute atomic E-state index is 0.153. The second-order valence-electron chi connectivity index (χ2n) is 6.92. The second kappa shape index (κ2) is 12.1. The lowest BCUT2D eigenvalue weighted by Crippen LogP contribution is -2.25. The van der Waals surface area contributed by atoms with Crippen LogP contribution in [0.2, 0.25) is 0 Å². The third-order valence-corrected chi connectivity index (χ3v) is 4.64. The number of pyridine rings is 3. The predicted octanol–water partition coefficient (Wildman–Crippen LogP) is 5.51. The maximum Gasteiger partial charge on any atom is 0.215 e. The molecule has 0 aliphatic heterocycles. The molecule has 0 aliphatic carbocycles. The Morgan fingerprint density at radius 3 is 1.85 bits per heavy atom. The van der Waals surface area contributed by atoms with Gasteiger partial charge in [0, 0.05) is 48.5 Å². The Morgan fingerprint density at radius 1 is 0.912 bits per heavy atom. The van der Waals surface area contributed by atoms with Crippen LogP contribution in [0.25, 0.3) is 10.4 Å². The zero-order valence-electron chi connectivity index (χ0n) is 18.3. The number of benzene rings is 1. The smallest absolute Gasteiger partial charge is 0.215 e. The Morgan fingerprint density at radius 2 is 1.47 bits per heavy atom. The van der Waals surface area contributed by atoms with E-state index in [1.807, 2.05) is 67.1 Å². The van der Waals surface area contributed by atoms with Crippen molar-refractivity contribution in [1.29, 1.82) is 5.26 Å². The van der Waals surface area contributed by atoms with Crippen molar-refractivity contribution >= 4 is 17.3 Å². The molecule has 0 unspecified atom stereocenters. The molecule has 0 saturated heterocycles. The number of hydrogen-bond acceptors (Lipinski definition) is 6. The van der Waals surface area contributed by atoms with Gasteiger partial charge in [-0.3, -0.25) is 19.7 Å². The van der Waals surface area contributed by atoms with Crippen molar-refractivity contribution in [3.8, 4) is 6.07 Å². The first-order chi connectivity index (χ1) is 16.6. The van der Waals surface area contributed by atoms with Crippen LogP contribution < -0.4 is 4.90 Å². The van der Waals surface area contributed by atoms with Crippen LogP contribution in [0.15, 0.2) is 103 Å². The number of amides is 1. The number of rotatable bonds is 5. The average molecular weight is 448 g/mol. The number of aromatic nitrogens is 3. The monoisotopic (exact) mass is 448 g/mol. The Bertz CT molecular complexity index is 1240. The van der Waals surface area contributed by atoms with E-state index in [2.05, 4.69) is 48.1 Å². The number of carbonyl (C=O) groups excluding carboxylic acids is 1. The lowest BCUT2D eigenvalue weighted by molar-refractivity contribution is -0.115. The van der Waals surface area contributed by atoms with Gasteiger partial charge in [-0.2, -0.15) is 5.26 Å². The van der Waals surface area contributed by atoms with Crippen LogP contribution in [0, 0.1) is 11.3 Å². The summed E-state index contributed by atoms with van der Waals surface area (Å²) in [7, 11) is 0. The fourth-order valence-corrected chi connectivity index (χ4v) is 3.27. The highest BCUT2D eigenvalue weighted by molar-refractivity contribution is 5.73. The van der Waals surface area contributed by atoms with E-state index in [9.17, 15) is 4.79 Å². The van der Waals surface area contributed by atoms with Gasteiger partial charge in [0.05, 0.1) is 29.6 Å². The summed E-state index contributed by atoms with van der Waals surface area (Å²) in [6, 6.07) is 21.5. The quantitative estimate of drug-likeness (QED) is 0.224. The second-order valence-corrected chi connectivity index (χ2v) is 6.92. The molecule has 9 nitrogen and oxygen atoms in total. The van der Waals surface area contributed by atoms with Crippen molar-refractivity contribution in [1.82, 2.24) is 15.0 Å². The maximum absolute atomic E-state index is 9.62. The van der Waals surface area contributed by atoms with Gasteiger partial charge in [-0.05, 0) is 70.3 Å². The van der Waals surface area contributed by atoms with Gasteiger partial charge in [0.25, 0.3) is 0 Å². The van der Waals surface area contributed by atoms with Gasteiger partial charge in [-0.15, -0.1) is 0 Å². The molecule has 0 bridgehead atoms. The molecular formula is C25H20N8O. The van der Waals surface area contributed by atoms with Gasteiger partial charge in [-0.25, -0.2) is 0 Å². The number of nitrogens with zero attached hydrogens (tertiary/aromatic N) is 8. The average Bonchev–Trinajstić information content (AvgIpc) is 2.89. The zero-order chi connectivity index (χ0) is 24.2. The van der Waals surface area contributed by atoms with Crippen LogP contribution in [-0.2, 0) is 4.79 Å². The fourth-order valence-electron chi connectivity index (χ4n) is 3.27. The highest BCUT2D eigenvalue weighted by atomic mass is 16.1. The molecule has 3 heterocycles. The molecule has 3 aromatic heterocycles. The normalized spacial score (nSPS) is 9.68. The van der Waals surface area contributed by atoms with E-state index in [1.165, 1.54) is 6.92 Å². The molecule has 4 rings (SSSR count). The van der Waals surface area contributed by atoms with Crippen molar-refractivity contribution < 1.29 is 4.79 Å². The van der Waals surface area contributed by atoms with Gasteiger partial charge in [0.1, 0.15) is 0 Å². The molecule has 166 valence electrons. The number of azide groups is 1. The minimum atomic E-state index is -0.502. The summed E-state index contributed by atoms with van der Waals surface area (Å²) in [6.07, 6.45) is 10.8. The third kappa shape index (κ3) is 6.23. The number of nitriles is 1. The molecule has 9 heteroatoms. The molecule has 0 spiro atoms. The summed E-state index contributed by atoms with van der Waals surface area (Å²) in [6.45, 7) is 1.19. The molecule has 0 N–H and O–H groups in total. The first-order valence-corrected chi connectivity index (χ1v) is 10.2. The number of hydrogen-bond donors (Lipinski definition) is 0. The van der Waals surface area contributed by atoms with Gasteiger partial charge in [0.2, 0.25) is 5.91 Å². The Hall–Kier alpha value is -5.06. The first-order valence-electron chi connectivity index (χ1n) is 10.2. The summed E-state index contributed by atoms with van der Waals surface area (Å²) in [5.41, 5.74) is 12.0. The van der Waals surface area contributed by atoms with E-state index in [4.69, 9.17) is 10.8 Å². The van der Waals surface area contributed by atoms with Crippen LogP contribution in [0.4, 0.5) is 11.4 Å². The van der Waals surface area contributed by atoms with Crippen LogP contribution in [0.3, 0.4) is 0 Å². The van der Waals surface area contributed by atoms with Crippen molar-refractivity contribution in [3.05, 3.63) is 125 Å². The Labute approximate surface area is 196 Å². The van der Waals surface area contributed by atoms with E-state index >= 15 is 0 Å². The molecule has 34 heavy (non-hydrogen) atoms. The number of anilines is 2. The van der Waals surface area contributed by atoms with Gasteiger partial charge in [-0.1, -0.05) is 12.1 Å². The van der Waals surface area contributed by atoms with E-state index in [0.717, 1.165) is 22.5 Å². The van der Waals surface area contributed by atoms with Crippen LogP contribution >= 0.6 is 0 Å². The van der Waals surface area contributed by atoms with Crippen LogP contribution in [0.5, 0.6) is 0 Å². The summed E-state index contributed by atoms with van der Waals surface area (Å²) < 4.78 is 0. The standard InChI is InChI=1S/C23H17N5.C2H3N3O/c24-14-18-7-9-21(10-8-18)28(22-6-3-13-27-17-22)23(19-4-1-11-25-15-19)20-5-2-12-26-16-20;1-2(6)4-5-3/h1-13,15-17,23H;1H3. The lowest BCUT2D eigenvalue weighted by atomic mass is 9.98.